The van der Waals surface area contributed by atoms with Crippen LogP contribution in [0, 0.1) is 0 Å². The van der Waals surface area contributed by atoms with Gasteiger partial charge >= 0.3 is 0 Å². The van der Waals surface area contributed by atoms with E-state index in [1.54, 1.807) is 11.3 Å². The molecule has 0 fully saturated rings. The van der Waals surface area contributed by atoms with Crippen molar-refractivity contribution in [3.8, 4) is 0 Å². The van der Waals surface area contributed by atoms with E-state index in [1.165, 1.54) is 5.56 Å². The molecule has 3 rings (SSSR count). The van der Waals surface area contributed by atoms with Gasteiger partial charge in [-0.25, -0.2) is 4.98 Å². The molecule has 0 saturated carbocycles. The van der Waals surface area contributed by atoms with E-state index in [2.05, 4.69) is 45.2 Å². The molecule has 0 spiro atoms. The molecule has 94 valence electrons. The Kier molecular flexibility index (Phi) is 3.50. The van der Waals surface area contributed by atoms with Crippen LogP contribution in [0.1, 0.15) is 40.1 Å². The number of aliphatic hydroxyl groups is 1. The molecule has 0 aliphatic heterocycles. The third kappa shape index (κ3) is 2.51. The lowest BCUT2D eigenvalue weighted by atomic mass is 10.0. The van der Waals surface area contributed by atoms with Crippen molar-refractivity contribution in [2.75, 3.05) is 0 Å². The third-order valence-corrected chi connectivity index (χ3v) is 4.96. The number of hydrogen-bond donors (Lipinski definition) is 1. The second kappa shape index (κ2) is 5.11. The number of nitrogens with zero attached hydrogens (tertiary/aromatic N) is 1. The number of halogens is 1. The average Bonchev–Trinajstić information content (AvgIpc) is 2.76. The third-order valence-electron chi connectivity index (χ3n) is 3.23. The molecule has 0 saturated heterocycles. The lowest BCUT2D eigenvalue weighted by Gasteiger charge is -2.14. The Hall–Kier alpha value is -0.710. The molecular weight excluding hydrogens is 310 g/mol. The van der Waals surface area contributed by atoms with E-state index in [1.807, 2.05) is 0 Å². The zero-order valence-electron chi connectivity index (χ0n) is 9.90. The molecule has 0 bridgehead atoms. The minimum absolute atomic E-state index is 0.287. The van der Waals surface area contributed by atoms with Gasteiger partial charge in [-0.15, -0.1) is 11.3 Å². The van der Waals surface area contributed by atoms with Gasteiger partial charge < -0.3 is 5.11 Å². The first-order valence-electron chi connectivity index (χ1n) is 6.13. The molecule has 2 aromatic rings. The quantitative estimate of drug-likeness (QED) is 0.910. The number of aromatic nitrogens is 1. The van der Waals surface area contributed by atoms with Gasteiger partial charge in [0.2, 0.25) is 0 Å². The van der Waals surface area contributed by atoms with Crippen LogP contribution in [0.5, 0.6) is 0 Å². The monoisotopic (exact) mass is 323 g/mol. The highest BCUT2D eigenvalue weighted by Crippen LogP contribution is 2.34. The molecule has 4 heteroatoms. The molecule has 1 atom stereocenters. The van der Waals surface area contributed by atoms with Gasteiger partial charge in [0.25, 0.3) is 0 Å². The summed E-state index contributed by atoms with van der Waals surface area (Å²) < 4.78 is 1.10. The smallest absolute Gasteiger partial charge is 0.0975 e. The highest BCUT2D eigenvalue weighted by molar-refractivity contribution is 9.10. The summed E-state index contributed by atoms with van der Waals surface area (Å²) in [5.41, 5.74) is 2.38. The Bertz CT molecular complexity index is 549. The standard InChI is InChI=1S/C14H14BrNOS/c15-10-6-4-9(5-7-10)8-13-16-11-2-1-3-12(17)14(11)18-13/h4-7,12,17H,1-3,8H2. The van der Waals surface area contributed by atoms with Crippen molar-refractivity contribution < 1.29 is 5.11 Å². The molecule has 1 unspecified atom stereocenters. The van der Waals surface area contributed by atoms with E-state index in [0.717, 1.165) is 45.7 Å². The Morgan fingerprint density at radius 1 is 1.33 bits per heavy atom. The summed E-state index contributed by atoms with van der Waals surface area (Å²) in [5.74, 6) is 0. The van der Waals surface area contributed by atoms with Crippen LogP contribution < -0.4 is 0 Å². The maximum atomic E-state index is 9.94. The van der Waals surface area contributed by atoms with Crippen LogP contribution in [0.4, 0.5) is 0 Å². The van der Waals surface area contributed by atoms with Crippen LogP contribution >= 0.6 is 27.3 Å². The molecule has 1 aromatic carbocycles. The minimum atomic E-state index is -0.287. The van der Waals surface area contributed by atoms with Gasteiger partial charge in [-0.05, 0) is 37.0 Å². The summed E-state index contributed by atoms with van der Waals surface area (Å²) in [5, 5.41) is 11.1. The van der Waals surface area contributed by atoms with Crippen molar-refractivity contribution in [1.82, 2.24) is 4.98 Å². The summed E-state index contributed by atoms with van der Waals surface area (Å²) in [6.45, 7) is 0. The fourth-order valence-corrected chi connectivity index (χ4v) is 3.73. The molecule has 2 nitrogen and oxygen atoms in total. The number of aliphatic hydroxyl groups excluding tert-OH is 1. The van der Waals surface area contributed by atoms with E-state index in [9.17, 15) is 5.11 Å². The SMILES string of the molecule is OC1CCCc2nc(Cc3ccc(Br)cc3)sc21. The second-order valence-electron chi connectivity index (χ2n) is 4.63. The van der Waals surface area contributed by atoms with Crippen molar-refractivity contribution >= 4 is 27.3 Å². The van der Waals surface area contributed by atoms with Gasteiger partial charge in [0.15, 0.2) is 0 Å². The lowest BCUT2D eigenvalue weighted by molar-refractivity contribution is 0.160. The topological polar surface area (TPSA) is 33.1 Å². The largest absolute Gasteiger partial charge is 0.388 e. The fourth-order valence-electron chi connectivity index (χ4n) is 2.30. The van der Waals surface area contributed by atoms with E-state index in [-0.39, 0.29) is 6.10 Å². The van der Waals surface area contributed by atoms with Crippen molar-refractivity contribution in [3.63, 3.8) is 0 Å². The van der Waals surface area contributed by atoms with Crippen LogP contribution in [-0.4, -0.2) is 10.1 Å². The number of rotatable bonds is 2. The highest BCUT2D eigenvalue weighted by Gasteiger charge is 2.22. The Morgan fingerprint density at radius 3 is 2.83 bits per heavy atom. The Labute approximate surface area is 119 Å². The molecule has 1 heterocycles. The summed E-state index contributed by atoms with van der Waals surface area (Å²) in [6.07, 6.45) is 3.52. The maximum Gasteiger partial charge on any atom is 0.0975 e. The summed E-state index contributed by atoms with van der Waals surface area (Å²) >= 11 is 5.11. The first kappa shape index (κ1) is 12.3. The second-order valence-corrected chi connectivity index (χ2v) is 6.66. The zero-order valence-corrected chi connectivity index (χ0v) is 12.3. The molecule has 18 heavy (non-hydrogen) atoms. The van der Waals surface area contributed by atoms with Gasteiger partial charge in [0.1, 0.15) is 0 Å². The maximum absolute atomic E-state index is 9.94. The molecule has 1 aliphatic carbocycles. The van der Waals surface area contributed by atoms with Gasteiger partial charge in [-0.1, -0.05) is 28.1 Å². The first-order chi connectivity index (χ1) is 8.72. The highest BCUT2D eigenvalue weighted by atomic mass is 79.9. The molecule has 1 N–H and O–H groups in total. The predicted octanol–water partition coefficient (Wildman–Crippen LogP) is 3.87. The zero-order chi connectivity index (χ0) is 12.5. The van der Waals surface area contributed by atoms with Crippen LogP contribution in [0.3, 0.4) is 0 Å². The Morgan fingerprint density at radius 2 is 2.11 bits per heavy atom. The van der Waals surface area contributed by atoms with E-state index in [0.29, 0.717) is 0 Å². The van der Waals surface area contributed by atoms with E-state index < -0.39 is 0 Å². The summed E-state index contributed by atoms with van der Waals surface area (Å²) in [7, 11) is 0. The van der Waals surface area contributed by atoms with Crippen molar-refractivity contribution in [2.24, 2.45) is 0 Å². The fraction of sp³-hybridized carbons (Fsp3) is 0.357. The predicted molar refractivity (Wildman–Crippen MR) is 77.0 cm³/mol. The van der Waals surface area contributed by atoms with E-state index >= 15 is 0 Å². The van der Waals surface area contributed by atoms with E-state index in [4.69, 9.17) is 0 Å². The molecule has 1 aliphatic rings. The lowest BCUT2D eigenvalue weighted by Crippen LogP contribution is -2.06. The number of benzene rings is 1. The molecule has 0 amide bonds. The van der Waals surface area contributed by atoms with Crippen LogP contribution in [-0.2, 0) is 12.8 Å². The van der Waals surface area contributed by atoms with Crippen LogP contribution in [0.25, 0.3) is 0 Å². The number of aryl methyl sites for hydroxylation is 1. The summed E-state index contributed by atoms with van der Waals surface area (Å²) in [6, 6.07) is 8.33. The van der Waals surface area contributed by atoms with Crippen molar-refractivity contribution in [3.05, 3.63) is 49.9 Å². The van der Waals surface area contributed by atoms with Gasteiger partial charge in [0.05, 0.1) is 21.7 Å². The number of fused-ring (bicyclic) bond motifs is 1. The molecular formula is C14H14BrNOS. The molecule has 0 radical (unpaired) electrons. The Balaban J connectivity index is 1.83. The van der Waals surface area contributed by atoms with Crippen LogP contribution in [0.15, 0.2) is 28.7 Å². The first-order valence-corrected chi connectivity index (χ1v) is 7.74. The minimum Gasteiger partial charge on any atom is -0.388 e. The number of hydrogen-bond acceptors (Lipinski definition) is 3. The van der Waals surface area contributed by atoms with Crippen molar-refractivity contribution in [1.29, 1.82) is 0 Å². The summed E-state index contributed by atoms with van der Waals surface area (Å²) in [4.78, 5) is 5.76. The van der Waals surface area contributed by atoms with Gasteiger partial charge in [0, 0.05) is 10.9 Å². The van der Waals surface area contributed by atoms with Crippen molar-refractivity contribution in [2.45, 2.75) is 31.8 Å². The number of thiazole rings is 1. The molecule has 1 aromatic heterocycles. The van der Waals surface area contributed by atoms with Gasteiger partial charge in [-0.3, -0.25) is 0 Å². The van der Waals surface area contributed by atoms with Crippen LogP contribution in [0.2, 0.25) is 0 Å². The van der Waals surface area contributed by atoms with Gasteiger partial charge in [-0.2, -0.15) is 0 Å². The average molecular weight is 324 g/mol. The normalized spacial score (nSPS) is 18.7.